The Kier molecular flexibility index (Phi) is 5.22. The summed E-state index contributed by atoms with van der Waals surface area (Å²) in [6.07, 6.45) is 0. The molecule has 8 nitrogen and oxygen atoms in total. The first kappa shape index (κ1) is 17.2. The average molecular weight is 341 g/mol. The van der Waals surface area contributed by atoms with E-state index in [2.05, 4.69) is 5.32 Å². The maximum Gasteiger partial charge on any atom is 0.317 e. The molecule has 0 aromatic heterocycles. The number of amides is 3. The van der Waals surface area contributed by atoms with E-state index in [0.29, 0.717) is 38.3 Å². The van der Waals surface area contributed by atoms with E-state index < -0.39 is 10.1 Å². The van der Waals surface area contributed by atoms with E-state index in [9.17, 15) is 18.0 Å². The van der Waals surface area contributed by atoms with Gasteiger partial charge in [0.1, 0.15) is 0 Å². The van der Waals surface area contributed by atoms with Crippen LogP contribution < -0.4 is 5.32 Å². The lowest BCUT2D eigenvalue weighted by Crippen LogP contribution is -2.53. The molecule has 126 valence electrons. The molecule has 0 bridgehead atoms. The molecule has 1 aromatic rings. The fraction of sp³-hybridized carbons (Fsp3) is 0.429. The standard InChI is InChI=1S/C14H19N3O5S/c1-2-15-14(19)17-9-7-16(8-10-17)13(18)11-3-5-12(6-4-11)23(20,21)22/h3-6H,2,7-10H2,1H3,(H,15,19)(H,20,21,22). The first-order chi connectivity index (χ1) is 10.8. The normalized spacial score (nSPS) is 15.4. The zero-order valence-electron chi connectivity index (χ0n) is 12.7. The molecule has 0 spiro atoms. The molecule has 0 aliphatic carbocycles. The Morgan fingerprint density at radius 3 is 2.09 bits per heavy atom. The Morgan fingerprint density at radius 1 is 1.09 bits per heavy atom. The molecule has 1 aliphatic heterocycles. The van der Waals surface area contributed by atoms with Crippen LogP contribution in [0.25, 0.3) is 0 Å². The van der Waals surface area contributed by atoms with Gasteiger partial charge in [-0.1, -0.05) is 0 Å². The summed E-state index contributed by atoms with van der Waals surface area (Å²) in [7, 11) is -4.27. The second-order valence-corrected chi connectivity index (χ2v) is 6.54. The molecule has 3 amide bonds. The van der Waals surface area contributed by atoms with Crippen molar-refractivity contribution in [3.8, 4) is 0 Å². The van der Waals surface area contributed by atoms with E-state index in [-0.39, 0.29) is 16.8 Å². The van der Waals surface area contributed by atoms with E-state index in [1.807, 2.05) is 6.92 Å². The van der Waals surface area contributed by atoms with Gasteiger partial charge in [0.15, 0.2) is 0 Å². The minimum absolute atomic E-state index is 0.142. The van der Waals surface area contributed by atoms with Crippen LogP contribution in [0.2, 0.25) is 0 Å². The molecule has 0 atom stereocenters. The number of nitrogens with one attached hydrogen (secondary N) is 1. The maximum atomic E-state index is 12.4. The molecule has 0 unspecified atom stereocenters. The molecule has 0 saturated carbocycles. The van der Waals surface area contributed by atoms with Crippen LogP contribution in [0.3, 0.4) is 0 Å². The number of carbonyl (C=O) groups is 2. The third-order valence-corrected chi connectivity index (χ3v) is 4.45. The van der Waals surface area contributed by atoms with Crippen LogP contribution in [0.15, 0.2) is 29.2 Å². The van der Waals surface area contributed by atoms with Crippen LogP contribution in [0.5, 0.6) is 0 Å². The Bertz CT molecular complexity index is 679. The summed E-state index contributed by atoms with van der Waals surface area (Å²) >= 11 is 0. The highest BCUT2D eigenvalue weighted by Crippen LogP contribution is 2.13. The van der Waals surface area contributed by atoms with Crippen molar-refractivity contribution in [2.45, 2.75) is 11.8 Å². The summed E-state index contributed by atoms with van der Waals surface area (Å²) in [5, 5.41) is 2.71. The second kappa shape index (κ2) is 6.97. The van der Waals surface area contributed by atoms with Gasteiger partial charge in [-0.2, -0.15) is 8.42 Å². The molecule has 2 rings (SSSR count). The predicted octanol–water partition coefficient (Wildman–Crippen LogP) is 0.421. The molecular weight excluding hydrogens is 322 g/mol. The number of rotatable bonds is 3. The van der Waals surface area contributed by atoms with Gasteiger partial charge in [-0.25, -0.2) is 4.79 Å². The molecule has 1 fully saturated rings. The van der Waals surface area contributed by atoms with Crippen molar-refractivity contribution < 1.29 is 22.6 Å². The largest absolute Gasteiger partial charge is 0.338 e. The van der Waals surface area contributed by atoms with Crippen molar-refractivity contribution in [2.75, 3.05) is 32.7 Å². The number of benzene rings is 1. The number of nitrogens with zero attached hydrogens (tertiary/aromatic N) is 2. The molecular formula is C14H19N3O5S. The van der Waals surface area contributed by atoms with Crippen LogP contribution >= 0.6 is 0 Å². The van der Waals surface area contributed by atoms with Crippen LogP contribution in [-0.2, 0) is 10.1 Å². The summed E-state index contributed by atoms with van der Waals surface area (Å²) in [6, 6.07) is 4.96. The van der Waals surface area contributed by atoms with Gasteiger partial charge in [-0.05, 0) is 31.2 Å². The number of hydrogen-bond acceptors (Lipinski definition) is 4. The van der Waals surface area contributed by atoms with Crippen LogP contribution in [0, 0.1) is 0 Å². The van der Waals surface area contributed by atoms with Crippen molar-refractivity contribution in [1.29, 1.82) is 0 Å². The van der Waals surface area contributed by atoms with Crippen LogP contribution in [0.1, 0.15) is 17.3 Å². The minimum atomic E-state index is -4.27. The summed E-state index contributed by atoms with van der Waals surface area (Å²) in [5.41, 5.74) is 0.337. The zero-order chi connectivity index (χ0) is 17.0. The first-order valence-corrected chi connectivity index (χ1v) is 8.66. The third kappa shape index (κ3) is 4.20. The summed E-state index contributed by atoms with van der Waals surface area (Å²) in [6.45, 7) is 4.11. The molecule has 1 heterocycles. The Balaban J connectivity index is 1.98. The van der Waals surface area contributed by atoms with E-state index in [1.165, 1.54) is 24.3 Å². The summed E-state index contributed by atoms with van der Waals surface area (Å²) < 4.78 is 30.9. The van der Waals surface area contributed by atoms with Gasteiger partial charge in [-0.3, -0.25) is 9.35 Å². The Hall–Kier alpha value is -2.13. The Morgan fingerprint density at radius 2 is 1.61 bits per heavy atom. The van der Waals surface area contributed by atoms with Gasteiger partial charge in [0, 0.05) is 38.3 Å². The van der Waals surface area contributed by atoms with Crippen molar-refractivity contribution in [2.24, 2.45) is 0 Å². The minimum Gasteiger partial charge on any atom is -0.338 e. The second-order valence-electron chi connectivity index (χ2n) is 5.11. The SMILES string of the molecule is CCNC(=O)N1CCN(C(=O)c2ccc(S(=O)(=O)O)cc2)CC1. The van der Waals surface area contributed by atoms with E-state index in [1.54, 1.807) is 9.80 Å². The predicted molar refractivity (Wildman–Crippen MR) is 82.8 cm³/mol. The fourth-order valence-corrected chi connectivity index (χ4v) is 2.81. The lowest BCUT2D eigenvalue weighted by molar-refractivity contribution is 0.0665. The Labute approximate surface area is 134 Å². The molecule has 1 saturated heterocycles. The highest BCUT2D eigenvalue weighted by molar-refractivity contribution is 7.85. The first-order valence-electron chi connectivity index (χ1n) is 7.22. The topological polar surface area (TPSA) is 107 Å². The van der Waals surface area contributed by atoms with E-state index in [0.717, 1.165) is 0 Å². The van der Waals surface area contributed by atoms with Gasteiger partial charge in [-0.15, -0.1) is 0 Å². The number of urea groups is 1. The highest BCUT2D eigenvalue weighted by Gasteiger charge is 2.24. The number of carbonyl (C=O) groups excluding carboxylic acids is 2. The van der Waals surface area contributed by atoms with Crippen molar-refractivity contribution in [1.82, 2.24) is 15.1 Å². The maximum absolute atomic E-state index is 12.4. The third-order valence-electron chi connectivity index (χ3n) is 3.58. The molecule has 23 heavy (non-hydrogen) atoms. The van der Waals surface area contributed by atoms with Crippen molar-refractivity contribution >= 4 is 22.1 Å². The van der Waals surface area contributed by atoms with Gasteiger partial charge in [0.05, 0.1) is 4.90 Å². The number of hydrogen-bond donors (Lipinski definition) is 2. The highest BCUT2D eigenvalue weighted by atomic mass is 32.2. The summed E-state index contributed by atoms with van der Waals surface area (Å²) in [5.74, 6) is -0.234. The van der Waals surface area contributed by atoms with Gasteiger partial charge in [0.2, 0.25) is 0 Å². The fourth-order valence-electron chi connectivity index (χ4n) is 2.33. The molecule has 1 aromatic carbocycles. The zero-order valence-corrected chi connectivity index (χ0v) is 13.5. The van der Waals surface area contributed by atoms with E-state index >= 15 is 0 Å². The summed E-state index contributed by atoms with van der Waals surface area (Å²) in [4.78, 5) is 27.1. The van der Waals surface area contributed by atoms with E-state index in [4.69, 9.17) is 4.55 Å². The number of piperazine rings is 1. The quantitative estimate of drug-likeness (QED) is 0.775. The van der Waals surface area contributed by atoms with Gasteiger partial charge < -0.3 is 15.1 Å². The lowest BCUT2D eigenvalue weighted by Gasteiger charge is -2.34. The van der Waals surface area contributed by atoms with Crippen molar-refractivity contribution in [3.05, 3.63) is 29.8 Å². The lowest BCUT2D eigenvalue weighted by atomic mass is 10.2. The van der Waals surface area contributed by atoms with Crippen molar-refractivity contribution in [3.63, 3.8) is 0 Å². The smallest absolute Gasteiger partial charge is 0.317 e. The molecule has 1 aliphatic rings. The molecule has 0 radical (unpaired) electrons. The molecule has 2 N–H and O–H groups in total. The molecule has 9 heteroatoms. The van der Waals surface area contributed by atoms with Gasteiger partial charge in [0.25, 0.3) is 16.0 Å². The monoisotopic (exact) mass is 341 g/mol. The van der Waals surface area contributed by atoms with Crippen LogP contribution in [0.4, 0.5) is 4.79 Å². The van der Waals surface area contributed by atoms with Crippen LogP contribution in [-0.4, -0.2) is 67.4 Å². The van der Waals surface area contributed by atoms with Gasteiger partial charge >= 0.3 is 6.03 Å². The average Bonchev–Trinajstić information content (AvgIpc) is 2.54.